The van der Waals surface area contributed by atoms with Crippen LogP contribution in [0.25, 0.3) is 0 Å². The minimum Gasteiger partial charge on any atom is -0.493 e. The van der Waals surface area contributed by atoms with E-state index in [0.717, 1.165) is 34.5 Å². The second-order valence-electron chi connectivity index (χ2n) is 5.86. The largest absolute Gasteiger partial charge is 0.493 e. The summed E-state index contributed by atoms with van der Waals surface area (Å²) < 4.78 is 29.7. The Labute approximate surface area is 140 Å². The van der Waals surface area contributed by atoms with Gasteiger partial charge in [-0.15, -0.1) is 0 Å². The molecule has 23 heavy (non-hydrogen) atoms. The standard InChI is InChI=1S/C17H16ClNO3S/c18-13-8-11-4-6-22-17(11)12(9-13)10-19-15-2-1-3-16-14(15)5-7-23(16,20)21/h1-3,8-9,19H,4-7,10H2. The summed E-state index contributed by atoms with van der Waals surface area (Å²) in [5.41, 5.74) is 3.89. The molecular formula is C17H16ClNO3S. The van der Waals surface area contributed by atoms with Gasteiger partial charge in [0.05, 0.1) is 17.3 Å². The minimum absolute atomic E-state index is 0.191. The summed E-state index contributed by atoms with van der Waals surface area (Å²) >= 11 is 6.18. The molecule has 0 aliphatic carbocycles. The number of halogens is 1. The quantitative estimate of drug-likeness (QED) is 0.924. The highest BCUT2D eigenvalue weighted by molar-refractivity contribution is 7.91. The summed E-state index contributed by atoms with van der Waals surface area (Å²) in [6, 6.07) is 9.23. The van der Waals surface area contributed by atoms with Gasteiger partial charge in [0, 0.05) is 29.2 Å². The fourth-order valence-corrected chi connectivity index (χ4v) is 5.12. The molecule has 120 valence electrons. The maximum atomic E-state index is 12.0. The molecule has 2 aliphatic heterocycles. The van der Waals surface area contributed by atoms with E-state index in [2.05, 4.69) is 5.32 Å². The smallest absolute Gasteiger partial charge is 0.179 e. The average Bonchev–Trinajstić information content (AvgIpc) is 3.10. The van der Waals surface area contributed by atoms with Gasteiger partial charge in [0.25, 0.3) is 0 Å². The first-order valence-corrected chi connectivity index (χ1v) is 9.60. The Morgan fingerprint density at radius 2 is 2.09 bits per heavy atom. The van der Waals surface area contributed by atoms with E-state index < -0.39 is 9.84 Å². The summed E-state index contributed by atoms with van der Waals surface area (Å²) in [5, 5.41) is 4.05. The molecular weight excluding hydrogens is 334 g/mol. The van der Waals surface area contributed by atoms with Crippen LogP contribution in [-0.4, -0.2) is 20.8 Å². The Bertz CT molecular complexity index is 893. The minimum atomic E-state index is -3.11. The molecule has 0 aromatic heterocycles. The molecule has 1 N–H and O–H groups in total. The zero-order valence-electron chi connectivity index (χ0n) is 12.4. The maximum Gasteiger partial charge on any atom is 0.179 e. The summed E-state index contributed by atoms with van der Waals surface area (Å²) in [6.45, 7) is 1.24. The van der Waals surface area contributed by atoms with Crippen LogP contribution in [0.3, 0.4) is 0 Å². The van der Waals surface area contributed by atoms with Crippen LogP contribution in [0.15, 0.2) is 35.2 Å². The number of rotatable bonds is 3. The Morgan fingerprint density at radius 1 is 1.22 bits per heavy atom. The fourth-order valence-electron chi connectivity index (χ4n) is 3.29. The van der Waals surface area contributed by atoms with Crippen molar-refractivity contribution in [3.05, 3.63) is 52.0 Å². The van der Waals surface area contributed by atoms with Crippen molar-refractivity contribution in [1.82, 2.24) is 0 Å². The van der Waals surface area contributed by atoms with Crippen LogP contribution in [0.2, 0.25) is 5.02 Å². The van der Waals surface area contributed by atoms with Crippen LogP contribution in [0.4, 0.5) is 5.69 Å². The highest BCUT2D eigenvalue weighted by atomic mass is 35.5. The highest BCUT2D eigenvalue weighted by Crippen LogP contribution is 2.35. The van der Waals surface area contributed by atoms with Crippen molar-refractivity contribution >= 4 is 27.1 Å². The molecule has 2 aromatic rings. The summed E-state index contributed by atoms with van der Waals surface area (Å²) in [7, 11) is -3.11. The van der Waals surface area contributed by atoms with Gasteiger partial charge in [-0.25, -0.2) is 8.42 Å². The number of hydrogen-bond acceptors (Lipinski definition) is 4. The fraction of sp³-hybridized carbons (Fsp3) is 0.294. The lowest BCUT2D eigenvalue weighted by molar-refractivity contribution is 0.354. The van der Waals surface area contributed by atoms with E-state index in [0.29, 0.717) is 29.5 Å². The van der Waals surface area contributed by atoms with Crippen molar-refractivity contribution in [3.8, 4) is 5.75 Å². The van der Waals surface area contributed by atoms with Gasteiger partial charge >= 0.3 is 0 Å². The molecule has 0 amide bonds. The molecule has 0 fully saturated rings. The second-order valence-corrected chi connectivity index (χ2v) is 8.37. The van der Waals surface area contributed by atoms with E-state index in [1.165, 1.54) is 0 Å². The monoisotopic (exact) mass is 349 g/mol. The molecule has 0 unspecified atom stereocenters. The lowest BCUT2D eigenvalue weighted by atomic mass is 10.1. The molecule has 2 aliphatic rings. The van der Waals surface area contributed by atoms with Crippen molar-refractivity contribution in [3.63, 3.8) is 0 Å². The lowest BCUT2D eigenvalue weighted by Gasteiger charge is -2.13. The lowest BCUT2D eigenvalue weighted by Crippen LogP contribution is -2.04. The van der Waals surface area contributed by atoms with Gasteiger partial charge in [-0.1, -0.05) is 17.7 Å². The molecule has 0 radical (unpaired) electrons. The molecule has 0 saturated heterocycles. The molecule has 4 rings (SSSR count). The number of fused-ring (bicyclic) bond motifs is 2. The number of anilines is 1. The van der Waals surface area contributed by atoms with Gasteiger partial charge in [0.2, 0.25) is 0 Å². The van der Waals surface area contributed by atoms with Gasteiger partial charge in [-0.3, -0.25) is 0 Å². The van der Waals surface area contributed by atoms with Crippen LogP contribution in [-0.2, 0) is 29.2 Å². The van der Waals surface area contributed by atoms with E-state index in [1.807, 2.05) is 18.2 Å². The molecule has 0 spiro atoms. The van der Waals surface area contributed by atoms with Gasteiger partial charge in [0.15, 0.2) is 9.84 Å². The van der Waals surface area contributed by atoms with Gasteiger partial charge in [-0.2, -0.15) is 0 Å². The number of benzene rings is 2. The molecule has 0 saturated carbocycles. The SMILES string of the molecule is O=S1(=O)CCc2c(NCc3cc(Cl)cc4c3OCC4)cccc21. The Hall–Kier alpha value is -1.72. The molecule has 4 nitrogen and oxygen atoms in total. The van der Waals surface area contributed by atoms with Crippen molar-refractivity contribution < 1.29 is 13.2 Å². The summed E-state index contributed by atoms with van der Waals surface area (Å²) in [4.78, 5) is 0.454. The first kappa shape index (κ1) is 14.8. The van der Waals surface area contributed by atoms with E-state index >= 15 is 0 Å². The summed E-state index contributed by atoms with van der Waals surface area (Å²) in [5.74, 6) is 1.10. The Kier molecular flexibility index (Phi) is 3.50. The highest BCUT2D eigenvalue weighted by Gasteiger charge is 2.28. The number of hydrogen-bond donors (Lipinski definition) is 1. The predicted octanol–water partition coefficient (Wildman–Crippen LogP) is 3.22. The number of ether oxygens (including phenoxy) is 1. The Balaban J connectivity index is 1.64. The second kappa shape index (κ2) is 5.42. The third-order valence-corrected chi connectivity index (χ3v) is 6.40. The van der Waals surface area contributed by atoms with Crippen molar-refractivity contribution in [1.29, 1.82) is 0 Å². The van der Waals surface area contributed by atoms with Gasteiger partial charge in [-0.05, 0) is 41.8 Å². The van der Waals surface area contributed by atoms with Crippen LogP contribution < -0.4 is 10.1 Å². The topological polar surface area (TPSA) is 55.4 Å². The normalized spacial score (nSPS) is 17.4. The molecule has 0 bridgehead atoms. The third kappa shape index (κ3) is 2.58. The predicted molar refractivity (Wildman–Crippen MR) is 90.2 cm³/mol. The number of nitrogens with one attached hydrogen (secondary N) is 1. The average molecular weight is 350 g/mol. The van der Waals surface area contributed by atoms with E-state index in [1.54, 1.807) is 12.1 Å². The van der Waals surface area contributed by atoms with Crippen LogP contribution in [0.5, 0.6) is 5.75 Å². The molecule has 2 aromatic carbocycles. The molecule has 2 heterocycles. The van der Waals surface area contributed by atoms with Crippen molar-refractivity contribution in [2.45, 2.75) is 24.3 Å². The first-order valence-electron chi connectivity index (χ1n) is 7.57. The van der Waals surface area contributed by atoms with Crippen LogP contribution in [0, 0.1) is 0 Å². The van der Waals surface area contributed by atoms with Crippen molar-refractivity contribution in [2.75, 3.05) is 17.7 Å². The van der Waals surface area contributed by atoms with Crippen molar-refractivity contribution in [2.24, 2.45) is 0 Å². The van der Waals surface area contributed by atoms with Crippen LogP contribution in [0.1, 0.15) is 16.7 Å². The van der Waals surface area contributed by atoms with E-state index in [9.17, 15) is 8.42 Å². The van der Waals surface area contributed by atoms with Gasteiger partial charge < -0.3 is 10.1 Å². The van der Waals surface area contributed by atoms with Crippen LogP contribution >= 0.6 is 11.6 Å². The van der Waals surface area contributed by atoms with E-state index in [-0.39, 0.29) is 5.75 Å². The maximum absolute atomic E-state index is 12.0. The molecule has 0 atom stereocenters. The zero-order chi connectivity index (χ0) is 16.0. The van der Waals surface area contributed by atoms with E-state index in [4.69, 9.17) is 16.3 Å². The zero-order valence-corrected chi connectivity index (χ0v) is 14.0. The summed E-state index contributed by atoms with van der Waals surface area (Å²) in [6.07, 6.45) is 1.44. The third-order valence-electron chi connectivity index (χ3n) is 4.38. The first-order chi connectivity index (χ1) is 11.0. The number of sulfone groups is 1. The molecule has 6 heteroatoms. The van der Waals surface area contributed by atoms with Gasteiger partial charge in [0.1, 0.15) is 5.75 Å². The Morgan fingerprint density at radius 3 is 2.96 bits per heavy atom.